The van der Waals surface area contributed by atoms with Crippen LogP contribution in [0.3, 0.4) is 0 Å². The first kappa shape index (κ1) is 16.4. The van der Waals surface area contributed by atoms with Crippen LogP contribution in [0, 0.1) is 6.92 Å². The van der Waals surface area contributed by atoms with E-state index < -0.39 is 5.97 Å². The molecule has 0 radical (unpaired) electrons. The Morgan fingerprint density at radius 3 is 2.75 bits per heavy atom. The van der Waals surface area contributed by atoms with E-state index in [0.29, 0.717) is 27.2 Å². The molecule has 0 unspecified atom stereocenters. The number of fused-ring (bicyclic) bond motifs is 1. The second kappa shape index (κ2) is 6.97. The maximum atomic E-state index is 12.5. The third-order valence-corrected chi connectivity index (χ3v) is 4.96. The number of hydrogen-bond acceptors (Lipinski definition) is 5. The smallest absolute Gasteiger partial charge is 0.349 e. The molecular weight excluding hydrogens is 324 g/mol. The van der Waals surface area contributed by atoms with E-state index in [9.17, 15) is 9.59 Å². The molecule has 0 bridgehead atoms. The first-order chi connectivity index (χ1) is 11.6. The number of thiophene rings is 1. The summed E-state index contributed by atoms with van der Waals surface area (Å²) >= 11 is 1.21. The van der Waals surface area contributed by atoms with Crippen LogP contribution in [0.1, 0.15) is 34.1 Å². The van der Waals surface area contributed by atoms with Crippen molar-refractivity contribution in [2.45, 2.75) is 33.4 Å². The topological polar surface area (TPSA) is 61.2 Å². The van der Waals surface area contributed by atoms with E-state index in [2.05, 4.69) is 4.98 Å². The minimum Gasteiger partial charge on any atom is -0.457 e. The zero-order valence-electron chi connectivity index (χ0n) is 13.6. The molecule has 0 saturated carbocycles. The second-order valence-electron chi connectivity index (χ2n) is 5.54. The standard InChI is InChI=1S/C18H18N2O3S/c1-3-9-20-11-19-16-14(17(20)21)12(2)15(24-16)18(22)23-10-13-7-5-4-6-8-13/h4-8,11H,3,9-10H2,1-2H3. The van der Waals surface area contributed by atoms with E-state index in [1.165, 1.54) is 11.3 Å². The van der Waals surface area contributed by atoms with Gasteiger partial charge in [-0.2, -0.15) is 0 Å². The highest BCUT2D eigenvalue weighted by Gasteiger charge is 2.20. The molecule has 0 atom stereocenters. The molecule has 0 fully saturated rings. The van der Waals surface area contributed by atoms with Crippen LogP contribution in [0.25, 0.3) is 10.2 Å². The fourth-order valence-corrected chi connectivity index (χ4v) is 3.58. The average molecular weight is 342 g/mol. The molecule has 3 rings (SSSR count). The van der Waals surface area contributed by atoms with Crippen molar-refractivity contribution in [1.29, 1.82) is 0 Å². The lowest BCUT2D eigenvalue weighted by molar-refractivity contribution is 0.0478. The summed E-state index contributed by atoms with van der Waals surface area (Å²) in [6.07, 6.45) is 2.39. The highest BCUT2D eigenvalue weighted by Crippen LogP contribution is 2.27. The molecule has 0 aliphatic heterocycles. The monoisotopic (exact) mass is 342 g/mol. The van der Waals surface area contributed by atoms with Crippen molar-refractivity contribution in [3.63, 3.8) is 0 Å². The second-order valence-corrected chi connectivity index (χ2v) is 6.54. The minimum absolute atomic E-state index is 0.0993. The molecule has 24 heavy (non-hydrogen) atoms. The Morgan fingerprint density at radius 2 is 2.04 bits per heavy atom. The molecule has 3 aromatic rings. The van der Waals surface area contributed by atoms with E-state index in [1.807, 2.05) is 37.3 Å². The van der Waals surface area contributed by atoms with Gasteiger partial charge in [-0.3, -0.25) is 9.36 Å². The third-order valence-electron chi connectivity index (χ3n) is 3.78. The van der Waals surface area contributed by atoms with E-state index in [1.54, 1.807) is 17.8 Å². The molecule has 5 nitrogen and oxygen atoms in total. The van der Waals surface area contributed by atoms with Gasteiger partial charge in [0.05, 0.1) is 11.7 Å². The molecule has 124 valence electrons. The van der Waals surface area contributed by atoms with E-state index in [0.717, 1.165) is 12.0 Å². The van der Waals surface area contributed by atoms with Crippen LogP contribution in [-0.4, -0.2) is 15.5 Å². The largest absolute Gasteiger partial charge is 0.457 e. The van der Waals surface area contributed by atoms with E-state index >= 15 is 0 Å². The Balaban J connectivity index is 1.89. The lowest BCUT2D eigenvalue weighted by atomic mass is 10.2. The summed E-state index contributed by atoms with van der Waals surface area (Å²) in [5.41, 5.74) is 1.47. The zero-order valence-corrected chi connectivity index (χ0v) is 14.4. The van der Waals surface area contributed by atoms with Crippen LogP contribution in [0.2, 0.25) is 0 Å². The highest BCUT2D eigenvalue weighted by molar-refractivity contribution is 7.20. The van der Waals surface area contributed by atoms with Gasteiger partial charge in [-0.05, 0) is 24.5 Å². The van der Waals surface area contributed by atoms with Gasteiger partial charge in [-0.15, -0.1) is 11.3 Å². The molecule has 2 heterocycles. The van der Waals surface area contributed by atoms with Gasteiger partial charge in [0.15, 0.2) is 0 Å². The molecule has 0 amide bonds. The maximum Gasteiger partial charge on any atom is 0.349 e. The summed E-state index contributed by atoms with van der Waals surface area (Å²) < 4.78 is 6.96. The number of aryl methyl sites for hydroxylation is 2. The maximum absolute atomic E-state index is 12.5. The predicted molar refractivity (Wildman–Crippen MR) is 94.5 cm³/mol. The Morgan fingerprint density at radius 1 is 1.29 bits per heavy atom. The zero-order chi connectivity index (χ0) is 17.1. The van der Waals surface area contributed by atoms with Crippen LogP contribution in [0.5, 0.6) is 0 Å². The van der Waals surface area contributed by atoms with Crippen molar-refractivity contribution < 1.29 is 9.53 Å². The Labute approximate surface area is 143 Å². The number of esters is 1. The van der Waals surface area contributed by atoms with Crippen LogP contribution >= 0.6 is 11.3 Å². The summed E-state index contributed by atoms with van der Waals surface area (Å²) in [5.74, 6) is -0.416. The molecule has 0 spiro atoms. The number of benzene rings is 1. The van der Waals surface area contributed by atoms with Crippen LogP contribution in [0.4, 0.5) is 0 Å². The lowest BCUT2D eigenvalue weighted by Crippen LogP contribution is -2.20. The average Bonchev–Trinajstić information content (AvgIpc) is 2.94. The molecule has 2 aromatic heterocycles. The summed E-state index contributed by atoms with van der Waals surface area (Å²) in [4.78, 5) is 30.3. The van der Waals surface area contributed by atoms with Gasteiger partial charge in [0.2, 0.25) is 0 Å². The van der Waals surface area contributed by atoms with Crippen LogP contribution < -0.4 is 5.56 Å². The Kier molecular flexibility index (Phi) is 4.76. The van der Waals surface area contributed by atoms with Crippen molar-refractivity contribution >= 4 is 27.5 Å². The molecule has 1 aromatic carbocycles. The SMILES string of the molecule is CCCn1cnc2sc(C(=O)OCc3ccccc3)c(C)c2c1=O. The first-order valence-electron chi connectivity index (χ1n) is 7.81. The first-order valence-corrected chi connectivity index (χ1v) is 8.63. The fourth-order valence-electron chi connectivity index (χ4n) is 2.54. The molecule has 0 aliphatic rings. The van der Waals surface area contributed by atoms with Crippen LogP contribution in [-0.2, 0) is 17.9 Å². The molecule has 6 heteroatoms. The quantitative estimate of drug-likeness (QED) is 0.666. The third kappa shape index (κ3) is 3.10. The van der Waals surface area contributed by atoms with Gasteiger partial charge < -0.3 is 4.74 Å². The van der Waals surface area contributed by atoms with Gasteiger partial charge >= 0.3 is 5.97 Å². The summed E-state index contributed by atoms with van der Waals surface area (Å²) in [6.45, 7) is 4.60. The van der Waals surface area contributed by atoms with E-state index in [4.69, 9.17) is 4.74 Å². The number of carbonyl (C=O) groups excluding carboxylic acids is 1. The lowest BCUT2D eigenvalue weighted by Gasteiger charge is -2.04. The number of nitrogens with zero attached hydrogens (tertiary/aromatic N) is 2. The molecular formula is C18H18N2O3S. The molecule has 0 N–H and O–H groups in total. The van der Waals surface area contributed by atoms with Crippen molar-refractivity contribution in [2.24, 2.45) is 0 Å². The van der Waals surface area contributed by atoms with Crippen molar-refractivity contribution in [1.82, 2.24) is 9.55 Å². The van der Waals surface area contributed by atoms with E-state index in [-0.39, 0.29) is 12.2 Å². The normalized spacial score (nSPS) is 10.9. The van der Waals surface area contributed by atoms with Crippen molar-refractivity contribution in [2.75, 3.05) is 0 Å². The number of hydrogen-bond donors (Lipinski definition) is 0. The number of rotatable bonds is 5. The molecule has 0 saturated heterocycles. The van der Waals surface area contributed by atoms with Gasteiger partial charge in [0.25, 0.3) is 5.56 Å². The van der Waals surface area contributed by atoms with Crippen molar-refractivity contribution in [3.8, 4) is 0 Å². The Hall–Kier alpha value is -2.47. The Bertz CT molecular complexity index is 929. The van der Waals surface area contributed by atoms with Gasteiger partial charge in [0, 0.05) is 6.54 Å². The number of aromatic nitrogens is 2. The van der Waals surface area contributed by atoms with Gasteiger partial charge in [-0.1, -0.05) is 37.3 Å². The van der Waals surface area contributed by atoms with Crippen LogP contribution in [0.15, 0.2) is 41.5 Å². The summed E-state index contributed by atoms with van der Waals surface area (Å²) in [7, 11) is 0. The highest BCUT2D eigenvalue weighted by atomic mass is 32.1. The predicted octanol–water partition coefficient (Wildman–Crippen LogP) is 3.53. The number of ether oxygens (including phenoxy) is 1. The fraction of sp³-hybridized carbons (Fsp3) is 0.278. The van der Waals surface area contributed by atoms with Crippen molar-refractivity contribution in [3.05, 3.63) is 63.0 Å². The number of carbonyl (C=O) groups is 1. The van der Waals surface area contributed by atoms with Gasteiger partial charge in [0.1, 0.15) is 16.3 Å². The minimum atomic E-state index is -0.416. The summed E-state index contributed by atoms with van der Waals surface area (Å²) in [5, 5.41) is 0.516. The molecule has 0 aliphatic carbocycles. The van der Waals surface area contributed by atoms with Gasteiger partial charge in [-0.25, -0.2) is 9.78 Å². The summed E-state index contributed by atoms with van der Waals surface area (Å²) in [6, 6.07) is 9.50.